The fraction of sp³-hybridized carbons (Fsp3) is 0.150. The fourth-order valence-electron chi connectivity index (χ4n) is 2.62. The van der Waals surface area contributed by atoms with Gasteiger partial charge in [-0.1, -0.05) is 30.3 Å². The van der Waals surface area contributed by atoms with Crippen molar-refractivity contribution in [1.29, 1.82) is 0 Å². The predicted molar refractivity (Wildman–Crippen MR) is 100 cm³/mol. The molecule has 1 heterocycles. The molecule has 1 atom stereocenters. The van der Waals surface area contributed by atoms with Crippen LogP contribution in [0.2, 0.25) is 0 Å². The largest absolute Gasteiger partial charge is 0.325 e. The molecule has 1 unspecified atom stereocenters. The third kappa shape index (κ3) is 4.75. The molecule has 0 radical (unpaired) electrons. The smallest absolute Gasteiger partial charge is 0.238 e. The van der Waals surface area contributed by atoms with Crippen LogP contribution in [0.4, 0.5) is 10.1 Å². The van der Waals surface area contributed by atoms with Crippen LogP contribution in [0.25, 0.3) is 0 Å². The minimum atomic E-state index is -0.272. The lowest BCUT2D eigenvalue weighted by Gasteiger charge is -2.18. The maximum atomic E-state index is 13.2. The van der Waals surface area contributed by atoms with Gasteiger partial charge in [-0.25, -0.2) is 4.39 Å². The summed E-state index contributed by atoms with van der Waals surface area (Å²) < 4.78 is 13.2. The molecule has 2 N–H and O–H groups in total. The molecule has 0 saturated heterocycles. The summed E-state index contributed by atoms with van der Waals surface area (Å²) >= 11 is 1.60. The number of rotatable bonds is 6. The topological polar surface area (TPSA) is 41.1 Å². The van der Waals surface area contributed by atoms with Crippen LogP contribution >= 0.6 is 11.3 Å². The van der Waals surface area contributed by atoms with Gasteiger partial charge < -0.3 is 5.32 Å². The zero-order chi connectivity index (χ0) is 17.6. The zero-order valence-corrected chi connectivity index (χ0v) is 14.6. The van der Waals surface area contributed by atoms with E-state index >= 15 is 0 Å². The molecule has 128 valence electrons. The molecule has 0 bridgehead atoms. The summed E-state index contributed by atoms with van der Waals surface area (Å²) in [5.74, 6) is -0.389. The van der Waals surface area contributed by atoms with Crippen molar-refractivity contribution in [2.45, 2.75) is 13.0 Å². The minimum absolute atomic E-state index is 0.116. The number of carbonyl (C=O) groups is 1. The second-order valence-corrected chi connectivity index (χ2v) is 6.78. The maximum absolute atomic E-state index is 13.2. The molecule has 0 aliphatic carbocycles. The molecular weight excluding hydrogens is 335 g/mol. The first kappa shape index (κ1) is 17.3. The highest BCUT2D eigenvalue weighted by Crippen LogP contribution is 2.26. The first-order valence-electron chi connectivity index (χ1n) is 8.00. The Labute approximate surface area is 150 Å². The Bertz CT molecular complexity index is 831. The minimum Gasteiger partial charge on any atom is -0.325 e. The second kappa shape index (κ2) is 8.05. The molecule has 0 spiro atoms. The van der Waals surface area contributed by atoms with Crippen LogP contribution in [-0.2, 0) is 4.79 Å². The fourth-order valence-corrected chi connectivity index (χ4v) is 3.44. The number of halogens is 1. The molecule has 3 nitrogen and oxygen atoms in total. The van der Waals surface area contributed by atoms with Crippen molar-refractivity contribution in [2.24, 2.45) is 0 Å². The van der Waals surface area contributed by atoms with Crippen LogP contribution < -0.4 is 10.6 Å². The Morgan fingerprint density at radius 3 is 2.60 bits per heavy atom. The summed E-state index contributed by atoms with van der Waals surface area (Å²) in [7, 11) is 0. The van der Waals surface area contributed by atoms with Crippen molar-refractivity contribution >= 4 is 22.9 Å². The van der Waals surface area contributed by atoms with Crippen molar-refractivity contribution in [1.82, 2.24) is 5.32 Å². The molecule has 3 rings (SSSR count). The molecule has 1 amide bonds. The molecular formula is C20H19FN2OS. The summed E-state index contributed by atoms with van der Waals surface area (Å²) in [6, 6.07) is 17.8. The Morgan fingerprint density at radius 1 is 1.12 bits per heavy atom. The molecule has 5 heteroatoms. The van der Waals surface area contributed by atoms with E-state index in [-0.39, 0.29) is 24.3 Å². The van der Waals surface area contributed by atoms with Gasteiger partial charge in [-0.3, -0.25) is 10.1 Å². The van der Waals surface area contributed by atoms with Crippen LogP contribution in [0.1, 0.15) is 22.0 Å². The van der Waals surface area contributed by atoms with Gasteiger partial charge in [0.1, 0.15) is 5.82 Å². The number of benzene rings is 2. The lowest BCUT2D eigenvalue weighted by Crippen LogP contribution is -2.31. The van der Waals surface area contributed by atoms with E-state index in [1.807, 2.05) is 48.7 Å². The predicted octanol–water partition coefficient (Wildman–Crippen LogP) is 4.51. The molecule has 0 fully saturated rings. The second-order valence-electron chi connectivity index (χ2n) is 5.80. The number of thiophene rings is 1. The van der Waals surface area contributed by atoms with E-state index in [9.17, 15) is 9.18 Å². The highest BCUT2D eigenvalue weighted by Gasteiger charge is 2.16. The Balaban J connectivity index is 1.68. The van der Waals surface area contributed by atoms with Gasteiger partial charge in [0.2, 0.25) is 5.91 Å². The van der Waals surface area contributed by atoms with E-state index in [2.05, 4.69) is 10.6 Å². The molecule has 2 aromatic carbocycles. The zero-order valence-electron chi connectivity index (χ0n) is 13.8. The standard InChI is InChI=1S/C20H19FN2OS/c1-14-4-2-5-17(12-14)23-19(24)13-22-20(18-6-3-11-25-18)15-7-9-16(21)10-8-15/h2-12,20,22H,13H2,1H3,(H,23,24). The molecule has 1 aromatic heterocycles. The molecule has 0 aliphatic rings. The third-order valence-electron chi connectivity index (χ3n) is 3.80. The highest BCUT2D eigenvalue weighted by molar-refractivity contribution is 7.10. The average molecular weight is 354 g/mol. The van der Waals surface area contributed by atoms with Gasteiger partial charge in [0.25, 0.3) is 0 Å². The Morgan fingerprint density at radius 2 is 1.92 bits per heavy atom. The number of nitrogens with one attached hydrogen (secondary N) is 2. The lowest BCUT2D eigenvalue weighted by molar-refractivity contribution is -0.115. The first-order valence-corrected chi connectivity index (χ1v) is 8.88. The van der Waals surface area contributed by atoms with Gasteiger partial charge in [-0.15, -0.1) is 11.3 Å². The summed E-state index contributed by atoms with van der Waals surface area (Å²) in [6.45, 7) is 2.14. The summed E-state index contributed by atoms with van der Waals surface area (Å²) in [5, 5.41) is 8.14. The number of hydrogen-bond acceptors (Lipinski definition) is 3. The summed E-state index contributed by atoms with van der Waals surface area (Å²) in [6.07, 6.45) is 0. The van der Waals surface area contributed by atoms with E-state index < -0.39 is 0 Å². The molecule has 0 aliphatic heterocycles. The van der Waals surface area contributed by atoms with Crippen LogP contribution in [0.3, 0.4) is 0 Å². The average Bonchev–Trinajstić information content (AvgIpc) is 3.11. The van der Waals surface area contributed by atoms with Crippen LogP contribution in [0.5, 0.6) is 0 Å². The van der Waals surface area contributed by atoms with Crippen molar-refractivity contribution < 1.29 is 9.18 Å². The SMILES string of the molecule is Cc1cccc(NC(=O)CNC(c2ccc(F)cc2)c2cccs2)c1. The number of anilines is 1. The third-order valence-corrected chi connectivity index (χ3v) is 4.74. The summed E-state index contributed by atoms with van der Waals surface area (Å²) in [5.41, 5.74) is 2.79. The highest BCUT2D eigenvalue weighted by atomic mass is 32.1. The van der Waals surface area contributed by atoms with Crippen molar-refractivity contribution in [3.63, 3.8) is 0 Å². The quantitative estimate of drug-likeness (QED) is 0.684. The number of aryl methyl sites for hydroxylation is 1. The lowest BCUT2D eigenvalue weighted by atomic mass is 10.1. The maximum Gasteiger partial charge on any atom is 0.238 e. The molecule has 0 saturated carbocycles. The monoisotopic (exact) mass is 354 g/mol. The van der Waals surface area contributed by atoms with E-state index in [0.717, 1.165) is 21.7 Å². The van der Waals surface area contributed by atoms with Crippen LogP contribution in [-0.4, -0.2) is 12.5 Å². The number of hydrogen-bond donors (Lipinski definition) is 2. The Hall–Kier alpha value is -2.50. The summed E-state index contributed by atoms with van der Waals surface area (Å²) in [4.78, 5) is 13.3. The van der Waals surface area contributed by atoms with Gasteiger partial charge in [-0.2, -0.15) is 0 Å². The van der Waals surface area contributed by atoms with Crippen molar-refractivity contribution in [3.05, 3.63) is 87.9 Å². The molecule has 3 aromatic rings. The number of carbonyl (C=O) groups excluding carboxylic acids is 1. The van der Waals surface area contributed by atoms with E-state index in [0.29, 0.717) is 0 Å². The molecule has 25 heavy (non-hydrogen) atoms. The van der Waals surface area contributed by atoms with E-state index in [1.54, 1.807) is 23.5 Å². The normalized spacial score (nSPS) is 11.9. The van der Waals surface area contributed by atoms with E-state index in [4.69, 9.17) is 0 Å². The van der Waals surface area contributed by atoms with Gasteiger partial charge in [0, 0.05) is 10.6 Å². The Kier molecular flexibility index (Phi) is 5.58. The van der Waals surface area contributed by atoms with Gasteiger partial charge in [0.05, 0.1) is 12.6 Å². The van der Waals surface area contributed by atoms with Gasteiger partial charge in [0.15, 0.2) is 0 Å². The van der Waals surface area contributed by atoms with Crippen LogP contribution in [0, 0.1) is 12.7 Å². The van der Waals surface area contributed by atoms with Crippen molar-refractivity contribution in [2.75, 3.05) is 11.9 Å². The van der Waals surface area contributed by atoms with Gasteiger partial charge in [-0.05, 0) is 53.8 Å². The first-order chi connectivity index (χ1) is 12.1. The van der Waals surface area contributed by atoms with Crippen LogP contribution in [0.15, 0.2) is 66.0 Å². The van der Waals surface area contributed by atoms with E-state index in [1.165, 1.54) is 12.1 Å². The van der Waals surface area contributed by atoms with Gasteiger partial charge >= 0.3 is 0 Å². The number of amides is 1. The van der Waals surface area contributed by atoms with Crippen molar-refractivity contribution in [3.8, 4) is 0 Å².